The van der Waals surface area contributed by atoms with E-state index in [1.807, 2.05) is 0 Å². The summed E-state index contributed by atoms with van der Waals surface area (Å²) in [6.45, 7) is 1.92. The molecule has 2 atom stereocenters. The minimum Gasteiger partial charge on any atom is -0.352 e. The Hall–Kier alpha value is -1.57. The first kappa shape index (κ1) is 21.1. The number of hydrogen-bond acceptors (Lipinski definition) is 4. The zero-order chi connectivity index (χ0) is 20.3. The van der Waals surface area contributed by atoms with E-state index in [0.29, 0.717) is 5.56 Å². The largest absolute Gasteiger partial charge is 0.352 e. The smallest absolute Gasteiger partial charge is 0.227 e. The number of likely N-dealkylation sites (N-methyl/N-ethyl adjacent to an activating group) is 1. The lowest BCUT2D eigenvalue weighted by Gasteiger charge is -2.51. The van der Waals surface area contributed by atoms with E-state index in [1.165, 1.54) is 6.07 Å². The molecule has 1 aliphatic carbocycles. The van der Waals surface area contributed by atoms with Gasteiger partial charge >= 0.3 is 0 Å². The molecule has 1 heterocycles. The summed E-state index contributed by atoms with van der Waals surface area (Å²) in [5.41, 5.74) is 0.467. The molecule has 2 fully saturated rings. The Kier molecular flexibility index (Phi) is 6.68. The Balaban J connectivity index is 1.81. The fraction of sp³-hybridized carbons (Fsp3) is 0.667. The Bertz CT molecular complexity index is 690. The van der Waals surface area contributed by atoms with Crippen molar-refractivity contribution in [2.45, 2.75) is 56.4 Å². The number of nitrogens with zero attached hydrogens (tertiary/aromatic N) is 2. The molecule has 0 spiro atoms. The standard InChI is InChI=1S/C21H30F2N2O3/c1-24(19(26)14-15-8-9-16(22)17(23)13-15)18-7-6-10-21(27-2,28-3)20(18)25-11-4-5-12-25/h8-9,13,18,20H,4-7,10-12,14H2,1-3H3. The first-order valence-corrected chi connectivity index (χ1v) is 9.96. The molecule has 1 saturated carbocycles. The van der Waals surface area contributed by atoms with E-state index < -0.39 is 17.4 Å². The van der Waals surface area contributed by atoms with Gasteiger partial charge in [-0.05, 0) is 56.5 Å². The summed E-state index contributed by atoms with van der Waals surface area (Å²) in [5.74, 6) is -2.71. The Morgan fingerprint density at radius 1 is 1.18 bits per heavy atom. The predicted molar refractivity (Wildman–Crippen MR) is 102 cm³/mol. The topological polar surface area (TPSA) is 42.0 Å². The zero-order valence-electron chi connectivity index (χ0n) is 16.9. The second-order valence-corrected chi connectivity index (χ2v) is 7.80. The van der Waals surface area contributed by atoms with E-state index in [1.54, 1.807) is 26.2 Å². The van der Waals surface area contributed by atoms with Gasteiger partial charge in [0.15, 0.2) is 17.4 Å². The summed E-state index contributed by atoms with van der Waals surface area (Å²) < 4.78 is 38.4. The van der Waals surface area contributed by atoms with Crippen LogP contribution in [0.1, 0.15) is 37.7 Å². The molecule has 0 aromatic heterocycles. The van der Waals surface area contributed by atoms with Gasteiger partial charge in [-0.25, -0.2) is 8.78 Å². The van der Waals surface area contributed by atoms with Gasteiger partial charge in [-0.1, -0.05) is 6.07 Å². The Morgan fingerprint density at radius 2 is 1.86 bits per heavy atom. The number of carbonyl (C=O) groups excluding carboxylic acids is 1. The highest BCUT2D eigenvalue weighted by Gasteiger charge is 2.51. The second-order valence-electron chi connectivity index (χ2n) is 7.80. The molecule has 1 amide bonds. The molecular formula is C21H30F2N2O3. The van der Waals surface area contributed by atoms with Gasteiger partial charge in [0.25, 0.3) is 0 Å². The van der Waals surface area contributed by atoms with E-state index in [2.05, 4.69) is 4.90 Å². The maximum Gasteiger partial charge on any atom is 0.227 e. The molecule has 0 bridgehead atoms. The lowest BCUT2D eigenvalue weighted by atomic mass is 9.82. The summed E-state index contributed by atoms with van der Waals surface area (Å²) in [6.07, 6.45) is 4.81. The summed E-state index contributed by atoms with van der Waals surface area (Å²) in [7, 11) is 5.12. The number of benzene rings is 1. The van der Waals surface area contributed by atoms with Crippen molar-refractivity contribution in [2.75, 3.05) is 34.4 Å². The normalized spacial score (nSPS) is 25.0. The van der Waals surface area contributed by atoms with Crippen molar-refractivity contribution in [2.24, 2.45) is 0 Å². The maximum atomic E-state index is 13.5. The van der Waals surface area contributed by atoms with Gasteiger partial charge in [-0.2, -0.15) is 0 Å². The molecular weight excluding hydrogens is 366 g/mol. The van der Waals surface area contributed by atoms with Crippen LogP contribution in [0.2, 0.25) is 0 Å². The predicted octanol–water partition coefficient (Wildman–Crippen LogP) is 2.97. The molecule has 3 rings (SSSR count). The number of rotatable bonds is 6. The number of methoxy groups -OCH3 is 2. The molecule has 0 radical (unpaired) electrons. The van der Waals surface area contributed by atoms with Crippen LogP contribution in [0.3, 0.4) is 0 Å². The van der Waals surface area contributed by atoms with Crippen molar-refractivity contribution in [3.63, 3.8) is 0 Å². The summed E-state index contributed by atoms with van der Waals surface area (Å²) in [6, 6.07) is 3.49. The third-order valence-electron chi connectivity index (χ3n) is 6.30. The first-order valence-electron chi connectivity index (χ1n) is 9.96. The number of ether oxygens (including phenoxy) is 2. The zero-order valence-corrected chi connectivity index (χ0v) is 16.9. The SMILES string of the molecule is COC1(OC)CCCC(N(C)C(=O)Cc2ccc(F)c(F)c2)C1N1CCCC1. The van der Waals surface area contributed by atoms with Crippen LogP contribution in [-0.2, 0) is 20.7 Å². The molecule has 1 saturated heterocycles. The monoisotopic (exact) mass is 396 g/mol. The highest BCUT2D eigenvalue weighted by atomic mass is 19.2. The number of amides is 1. The van der Waals surface area contributed by atoms with Crippen LogP contribution in [-0.4, -0.2) is 67.9 Å². The lowest BCUT2D eigenvalue weighted by molar-refractivity contribution is -0.266. The van der Waals surface area contributed by atoms with E-state index >= 15 is 0 Å². The fourth-order valence-electron chi connectivity index (χ4n) is 4.77. The van der Waals surface area contributed by atoms with E-state index in [4.69, 9.17) is 9.47 Å². The fourth-order valence-corrected chi connectivity index (χ4v) is 4.77. The highest BCUT2D eigenvalue weighted by molar-refractivity contribution is 5.79. The molecule has 7 heteroatoms. The third-order valence-corrected chi connectivity index (χ3v) is 6.30. The van der Waals surface area contributed by atoms with Gasteiger partial charge in [0.05, 0.1) is 18.5 Å². The van der Waals surface area contributed by atoms with Gasteiger partial charge in [-0.15, -0.1) is 0 Å². The van der Waals surface area contributed by atoms with Crippen molar-refractivity contribution in [1.29, 1.82) is 0 Å². The van der Waals surface area contributed by atoms with Crippen molar-refractivity contribution < 1.29 is 23.0 Å². The molecule has 1 aliphatic heterocycles. The van der Waals surface area contributed by atoms with E-state index in [0.717, 1.165) is 57.3 Å². The maximum absolute atomic E-state index is 13.5. The summed E-state index contributed by atoms with van der Waals surface area (Å²) >= 11 is 0. The molecule has 5 nitrogen and oxygen atoms in total. The minimum absolute atomic E-state index is 0.0316. The van der Waals surface area contributed by atoms with Crippen LogP contribution in [0.25, 0.3) is 0 Å². The summed E-state index contributed by atoms with van der Waals surface area (Å²) in [5, 5.41) is 0. The van der Waals surface area contributed by atoms with Crippen LogP contribution >= 0.6 is 0 Å². The molecule has 0 N–H and O–H groups in total. The van der Waals surface area contributed by atoms with Crippen molar-refractivity contribution in [1.82, 2.24) is 9.80 Å². The molecule has 2 aliphatic rings. The second kappa shape index (κ2) is 8.84. The van der Waals surface area contributed by atoms with E-state index in [9.17, 15) is 13.6 Å². The lowest BCUT2D eigenvalue weighted by Crippen LogP contribution is -2.66. The average molecular weight is 396 g/mol. The van der Waals surface area contributed by atoms with Gasteiger partial charge in [0, 0.05) is 27.7 Å². The highest BCUT2D eigenvalue weighted by Crippen LogP contribution is 2.39. The Morgan fingerprint density at radius 3 is 2.46 bits per heavy atom. The van der Waals surface area contributed by atoms with Crippen LogP contribution < -0.4 is 0 Å². The van der Waals surface area contributed by atoms with Gasteiger partial charge in [0.2, 0.25) is 5.91 Å². The van der Waals surface area contributed by atoms with Crippen LogP contribution in [0.5, 0.6) is 0 Å². The number of halogens is 2. The first-order chi connectivity index (χ1) is 13.4. The van der Waals surface area contributed by atoms with Crippen LogP contribution in [0.4, 0.5) is 8.78 Å². The van der Waals surface area contributed by atoms with Crippen LogP contribution in [0.15, 0.2) is 18.2 Å². The molecule has 156 valence electrons. The molecule has 1 aromatic rings. The molecule has 1 aromatic carbocycles. The third kappa shape index (κ3) is 4.07. The van der Waals surface area contributed by atoms with E-state index in [-0.39, 0.29) is 24.4 Å². The number of carbonyl (C=O) groups is 1. The minimum atomic E-state index is -0.932. The molecule has 28 heavy (non-hydrogen) atoms. The number of likely N-dealkylation sites (tertiary alicyclic amines) is 1. The van der Waals surface area contributed by atoms with Crippen molar-refractivity contribution >= 4 is 5.91 Å². The number of hydrogen-bond donors (Lipinski definition) is 0. The average Bonchev–Trinajstić information content (AvgIpc) is 3.23. The quantitative estimate of drug-likeness (QED) is 0.694. The van der Waals surface area contributed by atoms with Gasteiger partial charge in [0.1, 0.15) is 0 Å². The molecule has 2 unspecified atom stereocenters. The van der Waals surface area contributed by atoms with Gasteiger partial charge in [-0.3, -0.25) is 9.69 Å². The Labute approximate surface area is 165 Å². The van der Waals surface area contributed by atoms with Crippen molar-refractivity contribution in [3.05, 3.63) is 35.4 Å². The van der Waals surface area contributed by atoms with Crippen LogP contribution in [0, 0.1) is 11.6 Å². The van der Waals surface area contributed by atoms with Gasteiger partial charge < -0.3 is 14.4 Å². The summed E-state index contributed by atoms with van der Waals surface area (Å²) in [4.78, 5) is 17.1. The van der Waals surface area contributed by atoms with Crippen molar-refractivity contribution in [3.8, 4) is 0 Å².